The van der Waals surface area contributed by atoms with Gasteiger partial charge in [0.15, 0.2) is 0 Å². The third-order valence-electron chi connectivity index (χ3n) is 7.58. The molecule has 0 aromatic heterocycles. The summed E-state index contributed by atoms with van der Waals surface area (Å²) in [6.45, 7) is 0. The fourth-order valence-electron chi connectivity index (χ4n) is 7.18. The van der Waals surface area contributed by atoms with Crippen molar-refractivity contribution in [1.29, 1.82) is 0 Å². The van der Waals surface area contributed by atoms with Crippen molar-refractivity contribution in [1.82, 2.24) is 0 Å². The standard InChI is InChI=1S/C22H20Cl2/c23-16-4-5-18-17(11-16)21-19(2-1-3-20(21)24)22(18)14-7-12-6-13(9-14)10-15(22)8-12/h1-5,11-15H,6-10H2. The lowest BCUT2D eigenvalue weighted by molar-refractivity contribution is -0.0399. The van der Waals surface area contributed by atoms with Gasteiger partial charge in [-0.25, -0.2) is 0 Å². The molecule has 0 atom stereocenters. The van der Waals surface area contributed by atoms with Gasteiger partial charge < -0.3 is 0 Å². The first-order valence-electron chi connectivity index (χ1n) is 9.27. The lowest BCUT2D eigenvalue weighted by atomic mass is 9.43. The second-order valence-electron chi connectivity index (χ2n) is 8.53. The van der Waals surface area contributed by atoms with Crippen molar-refractivity contribution in [2.45, 2.75) is 37.5 Å². The van der Waals surface area contributed by atoms with Crippen LogP contribution in [0.3, 0.4) is 0 Å². The molecule has 1 spiro atoms. The van der Waals surface area contributed by atoms with Crippen LogP contribution in [-0.2, 0) is 5.41 Å². The van der Waals surface area contributed by atoms with Gasteiger partial charge in [-0.2, -0.15) is 0 Å². The van der Waals surface area contributed by atoms with Gasteiger partial charge in [0.1, 0.15) is 0 Å². The first-order chi connectivity index (χ1) is 11.7. The number of hydrogen-bond acceptors (Lipinski definition) is 0. The smallest absolute Gasteiger partial charge is 0.0487 e. The molecule has 4 saturated carbocycles. The van der Waals surface area contributed by atoms with Crippen molar-refractivity contribution >= 4 is 23.2 Å². The highest BCUT2D eigenvalue weighted by Gasteiger charge is 2.61. The maximum absolute atomic E-state index is 6.70. The molecule has 0 nitrogen and oxygen atoms in total. The van der Waals surface area contributed by atoms with Crippen LogP contribution in [0, 0.1) is 23.7 Å². The van der Waals surface area contributed by atoms with E-state index in [9.17, 15) is 0 Å². The van der Waals surface area contributed by atoms with E-state index in [1.165, 1.54) is 54.4 Å². The molecule has 0 unspecified atom stereocenters. The summed E-state index contributed by atoms with van der Waals surface area (Å²) >= 11 is 13.1. The molecule has 4 fully saturated rings. The molecule has 122 valence electrons. The molecule has 0 radical (unpaired) electrons. The van der Waals surface area contributed by atoms with Crippen molar-refractivity contribution in [3.8, 4) is 11.1 Å². The molecule has 0 amide bonds. The summed E-state index contributed by atoms with van der Waals surface area (Å²) in [6, 6.07) is 13.1. The lowest BCUT2D eigenvalue weighted by Gasteiger charge is -2.61. The summed E-state index contributed by atoms with van der Waals surface area (Å²) in [4.78, 5) is 0. The van der Waals surface area contributed by atoms with Gasteiger partial charge in [-0.15, -0.1) is 0 Å². The Balaban J connectivity index is 1.70. The highest BCUT2D eigenvalue weighted by atomic mass is 35.5. The van der Waals surface area contributed by atoms with Gasteiger partial charge >= 0.3 is 0 Å². The first kappa shape index (κ1) is 14.2. The van der Waals surface area contributed by atoms with E-state index in [1.807, 2.05) is 6.07 Å². The van der Waals surface area contributed by atoms with Gasteiger partial charge in [0.25, 0.3) is 0 Å². The van der Waals surface area contributed by atoms with E-state index in [2.05, 4.69) is 30.3 Å². The number of halogens is 2. The molecule has 5 aliphatic rings. The van der Waals surface area contributed by atoms with Crippen LogP contribution in [-0.4, -0.2) is 0 Å². The highest BCUT2D eigenvalue weighted by Crippen LogP contribution is 2.69. The van der Waals surface area contributed by atoms with Crippen LogP contribution < -0.4 is 0 Å². The van der Waals surface area contributed by atoms with Gasteiger partial charge in [0.2, 0.25) is 0 Å². The number of benzene rings is 2. The Labute approximate surface area is 153 Å². The SMILES string of the molecule is Clc1ccc2c(c1)-c1c(Cl)cccc1C21C2CC3CC(C2)CC1C3. The highest BCUT2D eigenvalue weighted by molar-refractivity contribution is 6.34. The second-order valence-corrected chi connectivity index (χ2v) is 9.37. The van der Waals surface area contributed by atoms with E-state index in [0.717, 1.165) is 33.7 Å². The van der Waals surface area contributed by atoms with E-state index in [0.29, 0.717) is 0 Å². The molecule has 7 rings (SSSR count). The molecule has 2 heteroatoms. The van der Waals surface area contributed by atoms with E-state index in [-0.39, 0.29) is 5.41 Å². The molecule has 0 saturated heterocycles. The molecule has 0 aliphatic heterocycles. The van der Waals surface area contributed by atoms with Gasteiger partial charge in [0, 0.05) is 21.0 Å². The summed E-state index contributed by atoms with van der Waals surface area (Å²) in [5.74, 6) is 3.51. The number of fused-ring (bicyclic) bond motifs is 3. The zero-order valence-corrected chi connectivity index (χ0v) is 15.1. The molecule has 2 aromatic carbocycles. The van der Waals surface area contributed by atoms with Crippen LogP contribution in [0.2, 0.25) is 10.0 Å². The largest absolute Gasteiger partial charge is 0.0843 e. The minimum Gasteiger partial charge on any atom is -0.0843 e. The maximum atomic E-state index is 6.70. The second kappa shape index (κ2) is 4.59. The molecule has 4 bridgehead atoms. The molecular weight excluding hydrogens is 335 g/mol. The van der Waals surface area contributed by atoms with Crippen molar-refractivity contribution in [3.63, 3.8) is 0 Å². The van der Waals surface area contributed by atoms with Crippen LogP contribution >= 0.6 is 23.2 Å². The summed E-state index contributed by atoms with van der Waals surface area (Å²) in [6.07, 6.45) is 7.10. The van der Waals surface area contributed by atoms with Crippen molar-refractivity contribution in [3.05, 3.63) is 57.6 Å². The Morgan fingerprint density at radius 3 is 2.21 bits per heavy atom. The topological polar surface area (TPSA) is 0 Å². The van der Waals surface area contributed by atoms with Crippen molar-refractivity contribution in [2.24, 2.45) is 23.7 Å². The maximum Gasteiger partial charge on any atom is 0.0487 e. The zero-order valence-electron chi connectivity index (χ0n) is 13.6. The Kier molecular flexibility index (Phi) is 2.72. The summed E-state index contributed by atoms with van der Waals surface area (Å²) in [5.41, 5.74) is 5.79. The van der Waals surface area contributed by atoms with Crippen LogP contribution in [0.4, 0.5) is 0 Å². The average molecular weight is 355 g/mol. The molecule has 24 heavy (non-hydrogen) atoms. The zero-order chi connectivity index (χ0) is 16.1. The minimum absolute atomic E-state index is 0.202. The Morgan fingerprint density at radius 1 is 0.792 bits per heavy atom. The van der Waals surface area contributed by atoms with E-state index >= 15 is 0 Å². The van der Waals surface area contributed by atoms with Crippen LogP contribution in [0.5, 0.6) is 0 Å². The lowest BCUT2D eigenvalue weighted by Crippen LogP contribution is -2.55. The van der Waals surface area contributed by atoms with Gasteiger partial charge in [-0.1, -0.05) is 41.4 Å². The average Bonchev–Trinajstić information content (AvgIpc) is 2.84. The molecule has 5 aliphatic carbocycles. The van der Waals surface area contributed by atoms with Gasteiger partial charge in [0.05, 0.1) is 0 Å². The fourth-order valence-corrected chi connectivity index (χ4v) is 7.63. The van der Waals surface area contributed by atoms with Gasteiger partial charge in [-0.05, 0) is 90.7 Å². The number of hydrogen-bond donors (Lipinski definition) is 0. The van der Waals surface area contributed by atoms with Gasteiger partial charge in [-0.3, -0.25) is 0 Å². The van der Waals surface area contributed by atoms with Crippen LogP contribution in [0.1, 0.15) is 43.2 Å². The van der Waals surface area contributed by atoms with Crippen molar-refractivity contribution < 1.29 is 0 Å². The predicted molar refractivity (Wildman–Crippen MR) is 99.7 cm³/mol. The molecule has 0 heterocycles. The van der Waals surface area contributed by atoms with Crippen molar-refractivity contribution in [2.75, 3.05) is 0 Å². The Bertz CT molecular complexity index is 838. The normalized spacial score (nSPS) is 37.8. The summed E-state index contributed by atoms with van der Waals surface area (Å²) in [5, 5.41) is 1.71. The van der Waals surface area contributed by atoms with E-state index in [4.69, 9.17) is 23.2 Å². The molecule has 0 N–H and O–H groups in total. The summed E-state index contributed by atoms with van der Waals surface area (Å²) in [7, 11) is 0. The summed E-state index contributed by atoms with van der Waals surface area (Å²) < 4.78 is 0. The Hall–Kier alpha value is -0.980. The quantitative estimate of drug-likeness (QED) is 0.492. The minimum atomic E-state index is 0.202. The van der Waals surface area contributed by atoms with Crippen LogP contribution in [0.25, 0.3) is 11.1 Å². The first-order valence-corrected chi connectivity index (χ1v) is 10.0. The van der Waals surface area contributed by atoms with E-state index < -0.39 is 0 Å². The van der Waals surface area contributed by atoms with Crippen LogP contribution in [0.15, 0.2) is 36.4 Å². The fraction of sp³-hybridized carbons (Fsp3) is 0.455. The molecule has 2 aromatic rings. The Morgan fingerprint density at radius 2 is 1.50 bits per heavy atom. The number of rotatable bonds is 0. The third-order valence-corrected chi connectivity index (χ3v) is 8.13. The monoisotopic (exact) mass is 354 g/mol. The molecular formula is C22H20Cl2. The third kappa shape index (κ3) is 1.54. The van der Waals surface area contributed by atoms with E-state index in [1.54, 1.807) is 0 Å². The predicted octanol–water partition coefficient (Wildman–Crippen LogP) is 6.72.